The molecule has 1 aliphatic rings. The van der Waals surface area contributed by atoms with Crippen LogP contribution in [-0.2, 0) is 9.47 Å². The van der Waals surface area contributed by atoms with E-state index in [0.29, 0.717) is 27.3 Å². The predicted octanol–water partition coefficient (Wildman–Crippen LogP) is 5.46. The number of pyridine rings is 2. The zero-order chi connectivity index (χ0) is 25.5. The number of halogens is 6. The standard InChI is InChI=1S/C14H14ClF3N2O2.C7H5BrClNO2/c1-22-13(21)10-6-11(15)12(19-7-10)9-2-4-20(5-3-9)8-14(16,17)18;1-12-7(11)4-2-5(9)6(8)10-3-4/h2,6-7H,3-5,8H2,1H3;2-3H,1H3. The third-order valence-corrected chi connectivity index (χ3v) is 5.92. The van der Waals surface area contributed by atoms with E-state index in [1.165, 1.54) is 43.6 Å². The van der Waals surface area contributed by atoms with Gasteiger partial charge < -0.3 is 9.47 Å². The normalized spacial score (nSPS) is 13.9. The molecule has 34 heavy (non-hydrogen) atoms. The first-order valence-electron chi connectivity index (χ1n) is 9.57. The van der Waals surface area contributed by atoms with Crippen molar-refractivity contribution >= 4 is 56.6 Å². The summed E-state index contributed by atoms with van der Waals surface area (Å²) in [5.41, 5.74) is 1.83. The van der Waals surface area contributed by atoms with Crippen LogP contribution in [0.25, 0.3) is 5.57 Å². The molecule has 184 valence electrons. The third-order valence-electron chi connectivity index (χ3n) is 4.48. The molecule has 13 heteroatoms. The lowest BCUT2D eigenvalue weighted by atomic mass is 10.0. The van der Waals surface area contributed by atoms with Crippen LogP contribution < -0.4 is 0 Å². The molecule has 2 aromatic rings. The van der Waals surface area contributed by atoms with Crippen LogP contribution in [0.2, 0.25) is 10.0 Å². The fourth-order valence-corrected chi connectivity index (χ4v) is 3.55. The molecule has 7 nitrogen and oxygen atoms in total. The van der Waals surface area contributed by atoms with Gasteiger partial charge in [-0.3, -0.25) is 9.88 Å². The highest BCUT2D eigenvalue weighted by Crippen LogP contribution is 2.29. The molecule has 0 N–H and O–H groups in total. The van der Waals surface area contributed by atoms with Crippen molar-refractivity contribution in [2.24, 2.45) is 0 Å². The Bertz CT molecular complexity index is 1080. The molecular formula is C21H19BrCl2F3N3O4. The molecule has 0 amide bonds. The van der Waals surface area contributed by atoms with E-state index in [9.17, 15) is 22.8 Å². The molecule has 1 aliphatic heterocycles. The van der Waals surface area contributed by atoms with Gasteiger partial charge in [0.2, 0.25) is 0 Å². The van der Waals surface area contributed by atoms with Gasteiger partial charge in [-0.05, 0) is 40.1 Å². The van der Waals surface area contributed by atoms with Crippen molar-refractivity contribution in [3.8, 4) is 0 Å². The maximum Gasteiger partial charge on any atom is 0.401 e. The Kier molecular flexibility index (Phi) is 10.3. The number of alkyl halides is 3. The maximum absolute atomic E-state index is 12.3. The van der Waals surface area contributed by atoms with E-state index in [1.807, 2.05) is 0 Å². The molecule has 0 saturated heterocycles. The largest absolute Gasteiger partial charge is 0.465 e. The third kappa shape index (κ3) is 8.23. The number of carbonyl (C=O) groups is 2. The number of ether oxygens (including phenoxy) is 2. The number of hydrogen-bond acceptors (Lipinski definition) is 7. The van der Waals surface area contributed by atoms with Gasteiger partial charge in [0.05, 0.1) is 47.6 Å². The number of hydrogen-bond donors (Lipinski definition) is 0. The van der Waals surface area contributed by atoms with Crippen LogP contribution in [0.15, 0.2) is 35.2 Å². The van der Waals surface area contributed by atoms with Gasteiger partial charge in [0.25, 0.3) is 0 Å². The first-order chi connectivity index (χ1) is 15.9. The van der Waals surface area contributed by atoms with Gasteiger partial charge in [-0.15, -0.1) is 0 Å². The Hall–Kier alpha value is -2.21. The lowest BCUT2D eigenvalue weighted by Gasteiger charge is -2.27. The van der Waals surface area contributed by atoms with Crippen molar-refractivity contribution in [1.82, 2.24) is 14.9 Å². The van der Waals surface area contributed by atoms with E-state index >= 15 is 0 Å². The van der Waals surface area contributed by atoms with Gasteiger partial charge in [0, 0.05) is 25.5 Å². The smallest absolute Gasteiger partial charge is 0.401 e. The van der Waals surface area contributed by atoms with E-state index in [1.54, 1.807) is 6.08 Å². The Balaban J connectivity index is 0.000000287. The summed E-state index contributed by atoms with van der Waals surface area (Å²) in [6, 6.07) is 2.93. The van der Waals surface area contributed by atoms with Gasteiger partial charge in [-0.25, -0.2) is 14.6 Å². The van der Waals surface area contributed by atoms with Crippen molar-refractivity contribution in [1.29, 1.82) is 0 Å². The predicted molar refractivity (Wildman–Crippen MR) is 124 cm³/mol. The van der Waals surface area contributed by atoms with E-state index in [-0.39, 0.29) is 23.7 Å². The summed E-state index contributed by atoms with van der Waals surface area (Å²) in [5, 5.41) is 0.663. The second-order valence-electron chi connectivity index (χ2n) is 6.86. The number of methoxy groups -OCH3 is 2. The molecule has 0 radical (unpaired) electrons. The first kappa shape index (κ1) is 28.0. The molecule has 3 rings (SSSR count). The van der Waals surface area contributed by atoms with E-state index in [0.717, 1.165) is 5.57 Å². The van der Waals surface area contributed by atoms with Crippen LogP contribution in [0.1, 0.15) is 32.8 Å². The van der Waals surface area contributed by atoms with Crippen molar-refractivity contribution in [2.45, 2.75) is 12.6 Å². The zero-order valence-electron chi connectivity index (χ0n) is 18.0. The Morgan fingerprint density at radius 3 is 2.06 bits per heavy atom. The van der Waals surface area contributed by atoms with Gasteiger partial charge in [-0.1, -0.05) is 29.3 Å². The van der Waals surface area contributed by atoms with Gasteiger partial charge >= 0.3 is 18.1 Å². The summed E-state index contributed by atoms with van der Waals surface area (Å²) in [5.74, 6) is -0.994. The summed E-state index contributed by atoms with van der Waals surface area (Å²) in [6.45, 7) is -0.465. The molecule has 2 aromatic heterocycles. The number of rotatable bonds is 4. The topological polar surface area (TPSA) is 81.6 Å². The average Bonchev–Trinajstić information content (AvgIpc) is 2.79. The Morgan fingerprint density at radius 2 is 1.62 bits per heavy atom. The number of carbonyl (C=O) groups excluding carboxylic acids is 2. The van der Waals surface area contributed by atoms with Crippen molar-refractivity contribution < 1.29 is 32.2 Å². The van der Waals surface area contributed by atoms with E-state index in [2.05, 4.69) is 35.4 Å². The van der Waals surface area contributed by atoms with Gasteiger partial charge in [0.15, 0.2) is 0 Å². The van der Waals surface area contributed by atoms with E-state index < -0.39 is 24.7 Å². The lowest BCUT2D eigenvalue weighted by Crippen LogP contribution is -2.37. The summed E-state index contributed by atoms with van der Waals surface area (Å²) >= 11 is 14.9. The first-order valence-corrected chi connectivity index (χ1v) is 11.1. The van der Waals surface area contributed by atoms with Crippen LogP contribution in [0, 0.1) is 0 Å². The van der Waals surface area contributed by atoms with Gasteiger partial charge in [-0.2, -0.15) is 13.2 Å². The van der Waals surface area contributed by atoms with Crippen LogP contribution in [-0.4, -0.2) is 66.8 Å². The number of esters is 2. The van der Waals surface area contributed by atoms with Crippen LogP contribution in [0.5, 0.6) is 0 Å². The molecule has 0 unspecified atom stereocenters. The SMILES string of the molecule is COC(=O)c1cnc(Br)c(Cl)c1.COC(=O)c1cnc(C2=CCN(CC(F)(F)F)CC2)c(Cl)c1. The minimum atomic E-state index is -4.20. The molecule has 0 fully saturated rings. The molecule has 0 aromatic carbocycles. The average molecular weight is 585 g/mol. The van der Waals surface area contributed by atoms with Crippen molar-refractivity contribution in [2.75, 3.05) is 33.9 Å². The van der Waals surface area contributed by atoms with Crippen molar-refractivity contribution in [3.05, 3.63) is 62.1 Å². The molecular weight excluding hydrogens is 566 g/mol. The van der Waals surface area contributed by atoms with Crippen LogP contribution in [0.3, 0.4) is 0 Å². The summed E-state index contributed by atoms with van der Waals surface area (Å²) in [7, 11) is 2.56. The molecule has 3 heterocycles. The van der Waals surface area contributed by atoms with E-state index in [4.69, 9.17) is 23.2 Å². The fourth-order valence-electron chi connectivity index (χ4n) is 2.88. The number of nitrogens with zero attached hydrogens (tertiary/aromatic N) is 3. The lowest BCUT2D eigenvalue weighted by molar-refractivity contribution is -0.144. The summed E-state index contributed by atoms with van der Waals surface area (Å²) in [4.78, 5) is 31.6. The highest BCUT2D eigenvalue weighted by molar-refractivity contribution is 9.10. The molecule has 0 saturated carbocycles. The Morgan fingerprint density at radius 1 is 1.06 bits per heavy atom. The fraction of sp³-hybridized carbons (Fsp3) is 0.333. The van der Waals surface area contributed by atoms with Gasteiger partial charge in [0.1, 0.15) is 4.60 Å². The monoisotopic (exact) mass is 583 g/mol. The Labute approximate surface area is 212 Å². The van der Waals surface area contributed by atoms with Crippen LogP contribution >= 0.6 is 39.1 Å². The maximum atomic E-state index is 12.3. The number of aromatic nitrogens is 2. The second kappa shape index (κ2) is 12.5. The van der Waals surface area contributed by atoms with Crippen molar-refractivity contribution in [3.63, 3.8) is 0 Å². The highest BCUT2D eigenvalue weighted by atomic mass is 79.9. The quantitative estimate of drug-likeness (QED) is 0.349. The molecule has 0 spiro atoms. The minimum absolute atomic E-state index is 0.186. The molecule has 0 aliphatic carbocycles. The zero-order valence-corrected chi connectivity index (χ0v) is 21.1. The highest BCUT2D eigenvalue weighted by Gasteiger charge is 2.31. The molecule has 0 atom stereocenters. The summed E-state index contributed by atoms with van der Waals surface area (Å²) in [6.07, 6.45) is 0.628. The molecule has 0 bridgehead atoms. The second-order valence-corrected chi connectivity index (χ2v) is 8.43. The summed E-state index contributed by atoms with van der Waals surface area (Å²) < 4.78 is 46.6. The van der Waals surface area contributed by atoms with Crippen LogP contribution in [0.4, 0.5) is 13.2 Å². The minimum Gasteiger partial charge on any atom is -0.465 e.